The molecule has 2 aromatic carbocycles. The molecule has 17 nitrogen and oxygen atoms in total. The first-order valence-electron chi connectivity index (χ1n) is 23.3. The Hall–Kier alpha value is -7.18. The summed E-state index contributed by atoms with van der Waals surface area (Å²) in [6.07, 6.45) is -11.2. The van der Waals surface area contributed by atoms with Crippen molar-refractivity contribution in [3.8, 4) is 23.0 Å². The van der Waals surface area contributed by atoms with E-state index in [0.29, 0.717) is 69.1 Å². The molecule has 4 aromatic rings. The van der Waals surface area contributed by atoms with Crippen molar-refractivity contribution in [1.29, 1.82) is 0 Å². The van der Waals surface area contributed by atoms with E-state index >= 15 is 8.78 Å². The SMILES string of the molecule is COC(=O)N[C@H](C(=O)N[C@@H](Cc1ccc(C#Cc2ccc(N3CC4CCC(C3)O4)nc2)cc1)[C@@H](O)CN(Cc1c(F)cc(-c2cnn(C(F)F)c2)cc1F)NC(=O)[C@@H](NC(=O)O)C(C)(C)C(F)(F)F)C(C)(C)C(F)(F)F. The fourth-order valence-corrected chi connectivity index (χ4v) is 8.32. The first kappa shape index (κ1) is 58.1. The number of anilines is 1. The number of aliphatic hydroxyl groups excluding tert-OH is 1. The van der Waals surface area contributed by atoms with Crippen LogP contribution >= 0.6 is 0 Å². The van der Waals surface area contributed by atoms with Gasteiger partial charge < -0.3 is 40.5 Å². The Bertz CT molecular complexity index is 2750. The molecule has 27 heteroatoms. The minimum Gasteiger partial charge on any atom is -0.465 e. The average molecular weight is 1090 g/mol. The van der Waals surface area contributed by atoms with E-state index in [9.17, 15) is 64.5 Å². The van der Waals surface area contributed by atoms with Crippen molar-refractivity contribution in [3.05, 3.63) is 101 Å². The zero-order chi connectivity index (χ0) is 56.1. The van der Waals surface area contributed by atoms with Gasteiger partial charge in [0.25, 0.3) is 5.91 Å². The van der Waals surface area contributed by atoms with Gasteiger partial charge in [-0.25, -0.2) is 33.0 Å². The highest BCUT2D eigenvalue weighted by atomic mass is 19.4. The van der Waals surface area contributed by atoms with Crippen LogP contribution in [-0.4, -0.2) is 130 Å². The second kappa shape index (κ2) is 23.4. The number of aromatic nitrogens is 3. The van der Waals surface area contributed by atoms with Gasteiger partial charge in [0.1, 0.15) is 29.5 Å². The molecule has 6 rings (SSSR count). The highest BCUT2D eigenvalue weighted by Gasteiger charge is 2.57. The molecule has 6 N–H and O–H groups in total. The number of carbonyl (C=O) groups is 4. The molecule has 76 heavy (non-hydrogen) atoms. The number of hydrogen-bond donors (Lipinski definition) is 6. The molecule has 4 heterocycles. The fourth-order valence-electron chi connectivity index (χ4n) is 8.32. The van der Waals surface area contributed by atoms with Gasteiger partial charge in [0.05, 0.1) is 48.5 Å². The molecular weight excluding hydrogens is 1030 g/mol. The van der Waals surface area contributed by atoms with Gasteiger partial charge in [0.2, 0.25) is 5.91 Å². The van der Waals surface area contributed by atoms with E-state index in [-0.39, 0.29) is 33.6 Å². The van der Waals surface area contributed by atoms with Crippen LogP contribution in [0.15, 0.2) is 67.1 Å². The lowest BCUT2D eigenvalue weighted by Crippen LogP contribution is -2.63. The van der Waals surface area contributed by atoms with E-state index in [2.05, 4.69) is 36.9 Å². The highest BCUT2D eigenvalue weighted by molar-refractivity contribution is 5.87. The van der Waals surface area contributed by atoms with Crippen LogP contribution in [0.1, 0.15) is 69.3 Å². The number of carboxylic acid groups (broad SMARTS) is 1. The van der Waals surface area contributed by atoms with Crippen LogP contribution in [0.25, 0.3) is 11.1 Å². The van der Waals surface area contributed by atoms with Gasteiger partial charge in [-0.3, -0.25) is 15.0 Å². The third-order valence-corrected chi connectivity index (χ3v) is 13.1. The number of halogens is 10. The number of rotatable bonds is 18. The van der Waals surface area contributed by atoms with Crippen LogP contribution in [0, 0.1) is 34.3 Å². The summed E-state index contributed by atoms with van der Waals surface area (Å²) in [6, 6.07) is 3.96. The van der Waals surface area contributed by atoms with Crippen molar-refractivity contribution < 1.29 is 82.8 Å². The molecule has 2 unspecified atom stereocenters. The maximum absolute atomic E-state index is 15.9. The van der Waals surface area contributed by atoms with E-state index in [1.807, 2.05) is 16.8 Å². The number of fused-ring (bicyclic) bond motifs is 2. The second-order valence-electron chi connectivity index (χ2n) is 19.3. The number of nitrogens with zero attached hydrogens (tertiary/aromatic N) is 5. The molecule has 0 saturated carbocycles. The number of hydrogen-bond acceptors (Lipinski definition) is 11. The molecule has 6 atom stereocenters. The van der Waals surface area contributed by atoms with Crippen LogP contribution in [0.5, 0.6) is 0 Å². The predicted molar refractivity (Wildman–Crippen MR) is 250 cm³/mol. The van der Waals surface area contributed by atoms with E-state index < -0.39 is 115 Å². The number of hydrazine groups is 1. The molecule has 2 aliphatic rings. The molecule has 0 radical (unpaired) electrons. The Morgan fingerprint density at radius 2 is 1.38 bits per heavy atom. The lowest BCUT2D eigenvalue weighted by atomic mass is 9.82. The normalized spacial score (nSPS) is 17.5. The van der Waals surface area contributed by atoms with Crippen LogP contribution in [-0.2, 0) is 32.0 Å². The minimum atomic E-state index is -5.28. The summed E-state index contributed by atoms with van der Waals surface area (Å²) < 4.78 is 155. The molecular formula is C49H53F10N9O8. The van der Waals surface area contributed by atoms with Crippen molar-refractivity contribution in [2.24, 2.45) is 10.8 Å². The molecule has 0 aliphatic carbocycles. The molecule has 412 valence electrons. The standard InChI is InChI=1S/C49H53F10N9O8/c1-46(2,48(54,55)56)39(64-45(74)75-5)41(70)62-36(16-27-9-6-26(7-10-27)8-11-28-12-15-38(60-19-28)66-22-31-13-14-32(23-66)76-31)37(69)25-67(65-42(71)40(63-44(72)73)47(3,4)49(57,58)59)24-33-34(50)17-29(18-35(33)51)30-20-61-68(21-30)43(52)53/h6-7,9-10,12,15,17-21,31-32,36-37,39-40,43,63,69H,13-14,16,22-25H2,1-5H3,(H,62,70)(H,64,74)(H,65,71)(H,72,73)/t31?,32?,36-,37-,39+,40+/m0/s1. The lowest BCUT2D eigenvalue weighted by Gasteiger charge is -2.38. The van der Waals surface area contributed by atoms with Gasteiger partial charge in [-0.05, 0) is 94.5 Å². The van der Waals surface area contributed by atoms with Crippen LogP contribution in [0.2, 0.25) is 0 Å². The number of ether oxygens (including phenoxy) is 2. The molecule has 2 bridgehead atoms. The van der Waals surface area contributed by atoms with E-state index in [1.54, 1.807) is 12.3 Å². The van der Waals surface area contributed by atoms with Crippen molar-refractivity contribution in [1.82, 2.24) is 41.1 Å². The molecule has 2 fully saturated rings. The number of aliphatic hydroxyl groups is 1. The first-order chi connectivity index (χ1) is 35.5. The Labute approximate surface area is 428 Å². The third-order valence-electron chi connectivity index (χ3n) is 13.1. The average Bonchev–Trinajstić information content (AvgIpc) is 3.98. The quantitative estimate of drug-likeness (QED) is 0.0344. The largest absolute Gasteiger partial charge is 0.465 e. The zero-order valence-corrected chi connectivity index (χ0v) is 41.2. The smallest absolute Gasteiger partial charge is 0.407 e. The zero-order valence-electron chi connectivity index (χ0n) is 41.2. The van der Waals surface area contributed by atoms with Crippen molar-refractivity contribution >= 4 is 29.8 Å². The Balaban J connectivity index is 1.33. The number of amides is 4. The number of pyridine rings is 1. The van der Waals surface area contributed by atoms with Crippen molar-refractivity contribution in [3.63, 3.8) is 0 Å². The number of alkyl carbamates (subject to hydrolysis) is 1. The molecule has 2 aromatic heterocycles. The van der Waals surface area contributed by atoms with Gasteiger partial charge in [-0.15, -0.1) is 0 Å². The molecule has 2 saturated heterocycles. The third kappa shape index (κ3) is 14.0. The van der Waals surface area contributed by atoms with Gasteiger partial charge in [-0.1, -0.05) is 24.0 Å². The van der Waals surface area contributed by atoms with Gasteiger partial charge in [0.15, 0.2) is 0 Å². The Morgan fingerprint density at radius 1 is 0.816 bits per heavy atom. The predicted octanol–water partition coefficient (Wildman–Crippen LogP) is 6.85. The van der Waals surface area contributed by atoms with Crippen LogP contribution < -0.4 is 26.3 Å². The summed E-state index contributed by atoms with van der Waals surface area (Å²) in [5, 5.41) is 30.9. The first-order valence-corrected chi connectivity index (χ1v) is 23.3. The number of benzene rings is 2. The summed E-state index contributed by atoms with van der Waals surface area (Å²) in [4.78, 5) is 58.6. The minimum absolute atomic E-state index is 0.143. The van der Waals surface area contributed by atoms with Crippen molar-refractivity contribution in [2.75, 3.05) is 31.6 Å². The Kier molecular flexibility index (Phi) is 17.9. The number of morpholine rings is 1. The van der Waals surface area contributed by atoms with E-state index in [0.717, 1.165) is 38.2 Å². The molecule has 4 amide bonds. The van der Waals surface area contributed by atoms with E-state index in [1.165, 1.54) is 29.6 Å². The number of nitrogens with one attached hydrogen (secondary N) is 4. The van der Waals surface area contributed by atoms with Crippen LogP contribution in [0.4, 0.5) is 59.3 Å². The summed E-state index contributed by atoms with van der Waals surface area (Å²) in [7, 11) is 0.808. The molecule has 0 spiro atoms. The number of methoxy groups -OCH3 is 1. The Morgan fingerprint density at radius 3 is 1.89 bits per heavy atom. The highest BCUT2D eigenvalue weighted by Crippen LogP contribution is 2.42. The van der Waals surface area contributed by atoms with Crippen molar-refractivity contribution in [2.45, 2.75) is 109 Å². The molecule has 2 aliphatic heterocycles. The maximum atomic E-state index is 15.9. The van der Waals surface area contributed by atoms with Gasteiger partial charge in [-0.2, -0.15) is 40.2 Å². The summed E-state index contributed by atoms with van der Waals surface area (Å²) >= 11 is 0. The van der Waals surface area contributed by atoms with Crippen LogP contribution in [0.3, 0.4) is 0 Å². The monoisotopic (exact) mass is 1090 g/mol. The lowest BCUT2D eigenvalue weighted by molar-refractivity contribution is -0.221. The van der Waals surface area contributed by atoms with Gasteiger partial charge in [0, 0.05) is 60.8 Å². The van der Waals surface area contributed by atoms with E-state index in [4.69, 9.17) is 4.74 Å². The summed E-state index contributed by atoms with van der Waals surface area (Å²) in [5.74, 6) is 0.510. The summed E-state index contributed by atoms with van der Waals surface area (Å²) in [6.45, 7) is -1.94. The van der Waals surface area contributed by atoms with Gasteiger partial charge >= 0.3 is 31.1 Å². The summed E-state index contributed by atoms with van der Waals surface area (Å²) in [5.41, 5.74) is -4.51. The maximum Gasteiger partial charge on any atom is 0.407 e. The fraction of sp³-hybridized carbons (Fsp3) is 0.469. The topological polar surface area (TPSA) is 213 Å². The number of carbonyl (C=O) groups excluding carboxylic acids is 3. The second-order valence-corrected chi connectivity index (χ2v) is 19.3. The number of alkyl halides is 8.